The van der Waals surface area contributed by atoms with Crippen molar-refractivity contribution in [2.75, 3.05) is 21.3 Å². The van der Waals surface area contributed by atoms with Crippen molar-refractivity contribution in [1.82, 2.24) is 19.7 Å². The Kier molecular flexibility index (Phi) is 6.43. The number of aryl methyl sites for hydroxylation is 1. The molecule has 14 heteroatoms. The van der Waals surface area contributed by atoms with Crippen molar-refractivity contribution in [1.29, 1.82) is 0 Å². The summed E-state index contributed by atoms with van der Waals surface area (Å²) >= 11 is 0. The minimum absolute atomic E-state index is 0.127. The van der Waals surface area contributed by atoms with E-state index in [0.29, 0.717) is 17.3 Å². The number of ether oxygens (including phenoxy) is 2. The van der Waals surface area contributed by atoms with E-state index in [4.69, 9.17) is 0 Å². The van der Waals surface area contributed by atoms with E-state index in [9.17, 15) is 18.4 Å². The van der Waals surface area contributed by atoms with Crippen LogP contribution >= 0.6 is 0 Å². The Morgan fingerprint density at radius 2 is 1.82 bits per heavy atom. The van der Waals surface area contributed by atoms with Gasteiger partial charge in [0.1, 0.15) is 17.2 Å². The molecule has 0 atom stereocenters. The van der Waals surface area contributed by atoms with Crippen LogP contribution in [0.2, 0.25) is 0 Å². The summed E-state index contributed by atoms with van der Waals surface area (Å²) in [5.74, 6) is -0.0982. The summed E-state index contributed by atoms with van der Waals surface area (Å²) in [5.41, 5.74) is 1.75. The van der Waals surface area contributed by atoms with Gasteiger partial charge in [-0.25, -0.2) is 9.78 Å². The second-order valence-corrected chi connectivity index (χ2v) is 8.04. The molecule has 0 fully saturated rings. The van der Waals surface area contributed by atoms with Crippen LogP contribution in [-0.2, 0) is 13.6 Å². The van der Waals surface area contributed by atoms with Gasteiger partial charge in [-0.1, -0.05) is 0 Å². The number of fused-ring (bicyclic) bond motifs is 1. The maximum absolute atomic E-state index is 13.3. The van der Waals surface area contributed by atoms with Crippen molar-refractivity contribution in [3.63, 3.8) is 0 Å². The summed E-state index contributed by atoms with van der Waals surface area (Å²) in [4.78, 5) is 33.2. The van der Waals surface area contributed by atoms with Crippen LogP contribution in [0.1, 0.15) is 15.9 Å². The monoisotopic (exact) mass is 522 g/mol. The molecule has 12 nitrogen and oxygen atoms in total. The molecule has 1 aromatic carbocycles. The van der Waals surface area contributed by atoms with Crippen molar-refractivity contribution < 1.29 is 27.8 Å². The minimum Gasteiger partial charge on any atom is -0.395 e. The molecule has 0 radical (unpaired) electrons. The maximum atomic E-state index is 13.3. The third kappa shape index (κ3) is 5.59. The molecular formula is C24H20F2N8O4. The molecule has 0 aliphatic carbocycles. The van der Waals surface area contributed by atoms with E-state index in [-0.39, 0.29) is 29.3 Å². The molecular weight excluding hydrogens is 502 g/mol. The number of hydrogen-bond acceptors (Lipinski definition) is 8. The number of carbonyl (C=O) groups excluding carboxylic acids is 2. The summed E-state index contributed by atoms with van der Waals surface area (Å²) in [6.07, 6.45) is 2.27. The number of nitrogens with one attached hydrogen (secondary N) is 4. The normalized spacial score (nSPS) is 13.0. The molecule has 0 bridgehead atoms. The fourth-order valence-corrected chi connectivity index (χ4v) is 3.59. The molecule has 0 saturated heterocycles. The van der Waals surface area contributed by atoms with Gasteiger partial charge in [0, 0.05) is 37.7 Å². The first kappa shape index (κ1) is 24.4. The van der Waals surface area contributed by atoms with Gasteiger partial charge in [0.05, 0.1) is 18.1 Å². The number of hydrogen-bond donors (Lipinski definition) is 4. The topological polar surface area (TPSA) is 144 Å². The molecule has 4 N–H and O–H groups in total. The summed E-state index contributed by atoms with van der Waals surface area (Å²) < 4.78 is 36.8. The molecule has 3 amide bonds. The number of nitrogens with zero attached hydrogens (tertiary/aromatic N) is 4. The van der Waals surface area contributed by atoms with Gasteiger partial charge < -0.3 is 25.4 Å². The standard InChI is InChI=1S/C24H20F2N8O4/c1-34-21(17(13-30-34)22(35)31-15-4-5-18-19(10-15)38-24(25,26)37-18)29-11-14-6-8-28-20(9-14)33-23(36)32-16-3-2-7-27-12-16/h2-10,12-13,29H,11H2,1H3,(H,31,35)(H2,28,32,33,36). The number of rotatable bonds is 7. The first-order valence-corrected chi connectivity index (χ1v) is 11.2. The van der Waals surface area contributed by atoms with Crippen LogP contribution < -0.4 is 30.7 Å². The van der Waals surface area contributed by atoms with Crippen molar-refractivity contribution in [2.24, 2.45) is 7.05 Å². The summed E-state index contributed by atoms with van der Waals surface area (Å²) in [5, 5.41) is 15.2. The fraction of sp³-hybridized carbons (Fsp3) is 0.125. The van der Waals surface area contributed by atoms with E-state index in [0.717, 1.165) is 5.56 Å². The molecule has 194 valence electrons. The third-order valence-electron chi connectivity index (χ3n) is 5.29. The predicted molar refractivity (Wildman–Crippen MR) is 132 cm³/mol. The van der Waals surface area contributed by atoms with Gasteiger partial charge in [-0.05, 0) is 42.0 Å². The van der Waals surface area contributed by atoms with E-state index in [2.05, 4.69) is 45.8 Å². The lowest BCUT2D eigenvalue weighted by atomic mass is 10.2. The smallest absolute Gasteiger partial charge is 0.395 e. The number of carbonyl (C=O) groups is 2. The Morgan fingerprint density at radius 3 is 2.63 bits per heavy atom. The van der Waals surface area contributed by atoms with E-state index in [1.807, 2.05) is 0 Å². The van der Waals surface area contributed by atoms with Crippen LogP contribution in [0, 0.1) is 0 Å². The molecule has 1 aliphatic heterocycles. The van der Waals surface area contributed by atoms with Crippen molar-refractivity contribution in [3.05, 3.63) is 78.4 Å². The van der Waals surface area contributed by atoms with Gasteiger partial charge in [0.15, 0.2) is 11.5 Å². The lowest BCUT2D eigenvalue weighted by Gasteiger charge is -2.11. The molecule has 1 aliphatic rings. The molecule has 0 unspecified atom stereocenters. The van der Waals surface area contributed by atoms with Crippen LogP contribution in [-0.4, -0.2) is 38.0 Å². The van der Waals surface area contributed by atoms with Gasteiger partial charge >= 0.3 is 12.3 Å². The van der Waals surface area contributed by atoms with E-state index in [1.165, 1.54) is 41.5 Å². The average molecular weight is 522 g/mol. The minimum atomic E-state index is -3.75. The highest BCUT2D eigenvalue weighted by Gasteiger charge is 2.43. The summed E-state index contributed by atoms with van der Waals surface area (Å²) in [6, 6.07) is 10.3. The van der Waals surface area contributed by atoms with Crippen LogP contribution in [0.5, 0.6) is 11.5 Å². The van der Waals surface area contributed by atoms with Gasteiger partial charge in [0.2, 0.25) is 0 Å². The predicted octanol–water partition coefficient (Wildman–Crippen LogP) is 4.04. The van der Waals surface area contributed by atoms with Crippen molar-refractivity contribution in [3.8, 4) is 11.5 Å². The van der Waals surface area contributed by atoms with E-state index in [1.54, 1.807) is 37.5 Å². The molecule has 38 heavy (non-hydrogen) atoms. The summed E-state index contributed by atoms with van der Waals surface area (Å²) in [6.45, 7) is 0.278. The number of urea groups is 1. The van der Waals surface area contributed by atoms with Gasteiger partial charge in [-0.2, -0.15) is 5.10 Å². The zero-order valence-electron chi connectivity index (χ0n) is 19.7. The van der Waals surface area contributed by atoms with E-state index < -0.39 is 18.2 Å². The Bertz CT molecular complexity index is 1500. The second-order valence-electron chi connectivity index (χ2n) is 8.04. The summed E-state index contributed by atoms with van der Waals surface area (Å²) in [7, 11) is 1.66. The quantitative estimate of drug-likeness (QED) is 0.285. The number of benzene rings is 1. The van der Waals surface area contributed by atoms with Gasteiger partial charge in [-0.15, -0.1) is 8.78 Å². The zero-order chi connectivity index (χ0) is 26.7. The number of pyridine rings is 2. The zero-order valence-corrected chi connectivity index (χ0v) is 19.7. The number of aromatic nitrogens is 4. The van der Waals surface area contributed by atoms with Gasteiger partial charge in [-0.3, -0.25) is 19.8 Å². The average Bonchev–Trinajstić information content (AvgIpc) is 3.40. The Hall–Kier alpha value is -5.27. The van der Waals surface area contributed by atoms with E-state index >= 15 is 0 Å². The molecule has 5 rings (SSSR count). The highest BCUT2D eigenvalue weighted by Crippen LogP contribution is 2.42. The first-order valence-electron chi connectivity index (χ1n) is 11.2. The molecule has 4 heterocycles. The Labute approximate surface area is 214 Å². The number of alkyl halides is 2. The lowest BCUT2D eigenvalue weighted by Crippen LogP contribution is -2.25. The van der Waals surface area contributed by atoms with Gasteiger partial charge in [0.25, 0.3) is 5.91 Å². The second kappa shape index (κ2) is 10.0. The van der Waals surface area contributed by atoms with Crippen molar-refractivity contribution in [2.45, 2.75) is 12.8 Å². The Balaban J connectivity index is 1.22. The highest BCUT2D eigenvalue weighted by molar-refractivity contribution is 6.07. The largest absolute Gasteiger partial charge is 0.586 e. The molecule has 0 saturated carbocycles. The third-order valence-corrected chi connectivity index (χ3v) is 5.29. The van der Waals surface area contributed by atoms with Crippen LogP contribution in [0.3, 0.4) is 0 Å². The molecule has 4 aromatic rings. The lowest BCUT2D eigenvalue weighted by molar-refractivity contribution is -0.286. The van der Waals surface area contributed by atoms with Crippen LogP contribution in [0.15, 0.2) is 67.3 Å². The molecule has 3 aromatic heterocycles. The molecule has 0 spiro atoms. The number of amides is 3. The highest BCUT2D eigenvalue weighted by atomic mass is 19.3. The maximum Gasteiger partial charge on any atom is 0.586 e. The number of halogens is 2. The van der Waals surface area contributed by atoms with Crippen LogP contribution in [0.25, 0.3) is 0 Å². The number of anilines is 4. The SMILES string of the molecule is Cn1ncc(C(=O)Nc2ccc3c(c2)OC(F)(F)O3)c1NCc1ccnc(NC(=O)Nc2cccnc2)c1. The van der Waals surface area contributed by atoms with Crippen LogP contribution in [0.4, 0.5) is 36.6 Å². The van der Waals surface area contributed by atoms with Crippen molar-refractivity contribution >= 4 is 34.9 Å². The Morgan fingerprint density at radius 1 is 0.974 bits per heavy atom. The fourth-order valence-electron chi connectivity index (χ4n) is 3.59. The first-order chi connectivity index (χ1) is 18.3.